The van der Waals surface area contributed by atoms with Crippen LogP contribution in [0, 0.1) is 0 Å². The Labute approximate surface area is 117 Å². The van der Waals surface area contributed by atoms with Gasteiger partial charge in [0.2, 0.25) is 11.8 Å². The number of benzene rings is 1. The summed E-state index contributed by atoms with van der Waals surface area (Å²) in [5.74, 6) is -7.15. The van der Waals surface area contributed by atoms with E-state index >= 15 is 0 Å². The van der Waals surface area contributed by atoms with Gasteiger partial charge in [0, 0.05) is 0 Å². The first-order valence-corrected chi connectivity index (χ1v) is 5.63. The number of aldehydes is 1. The Morgan fingerprint density at radius 2 is 1.52 bits per heavy atom. The summed E-state index contributed by atoms with van der Waals surface area (Å²) in [7, 11) is 0. The van der Waals surface area contributed by atoms with Crippen LogP contribution in [0.1, 0.15) is 20.7 Å². The van der Waals surface area contributed by atoms with Crippen LogP contribution in [-0.2, 0) is 19.2 Å². The highest BCUT2D eigenvalue weighted by Crippen LogP contribution is 2.25. The van der Waals surface area contributed by atoms with Gasteiger partial charge < -0.3 is 5.11 Å². The predicted octanol–water partition coefficient (Wildman–Crippen LogP) is -0.927. The molecule has 0 saturated heterocycles. The van der Waals surface area contributed by atoms with Crippen molar-refractivity contribution in [2.45, 2.75) is 6.04 Å². The molecule has 8 nitrogen and oxygen atoms in total. The van der Waals surface area contributed by atoms with Crippen molar-refractivity contribution >= 4 is 35.6 Å². The molecule has 1 aliphatic rings. The summed E-state index contributed by atoms with van der Waals surface area (Å²) in [4.78, 5) is 68.5. The second-order valence-corrected chi connectivity index (χ2v) is 4.11. The van der Waals surface area contributed by atoms with E-state index in [1.165, 1.54) is 24.3 Å². The zero-order valence-electron chi connectivity index (χ0n) is 10.3. The Balaban J connectivity index is 2.50. The first-order chi connectivity index (χ1) is 9.90. The van der Waals surface area contributed by atoms with Gasteiger partial charge in [0.15, 0.2) is 6.29 Å². The summed E-state index contributed by atoms with van der Waals surface area (Å²) in [5, 5.41) is 9.03. The minimum atomic E-state index is -2.35. The molecule has 106 valence electrons. The molecule has 0 fully saturated rings. The molecule has 0 bridgehead atoms. The number of carbonyl (C=O) groups is 6. The van der Waals surface area contributed by atoms with Crippen molar-refractivity contribution in [3.63, 3.8) is 0 Å². The fourth-order valence-electron chi connectivity index (χ4n) is 1.98. The van der Waals surface area contributed by atoms with E-state index in [0.29, 0.717) is 0 Å². The largest absolute Gasteiger partial charge is 0.479 e. The van der Waals surface area contributed by atoms with E-state index in [-0.39, 0.29) is 22.3 Å². The van der Waals surface area contributed by atoms with Crippen LogP contribution in [0.5, 0.6) is 0 Å². The molecular weight excluding hydrogens is 282 g/mol. The van der Waals surface area contributed by atoms with Gasteiger partial charge in [-0.05, 0) is 12.1 Å². The summed E-state index contributed by atoms with van der Waals surface area (Å²) in [6, 6.07) is 3.15. The van der Waals surface area contributed by atoms with Crippen LogP contribution < -0.4 is 0 Å². The Morgan fingerprint density at radius 1 is 1.05 bits per heavy atom. The van der Waals surface area contributed by atoms with Crippen molar-refractivity contribution in [1.82, 2.24) is 4.90 Å². The average Bonchev–Trinajstić information content (AvgIpc) is 2.72. The smallest absolute Gasteiger partial charge is 0.335 e. The quantitative estimate of drug-likeness (QED) is 0.321. The second-order valence-electron chi connectivity index (χ2n) is 4.11. The fraction of sp³-hybridized carbons (Fsp3) is 0.0769. The van der Waals surface area contributed by atoms with E-state index in [2.05, 4.69) is 0 Å². The number of rotatable bonds is 5. The lowest BCUT2D eigenvalue weighted by Gasteiger charge is -2.19. The zero-order valence-corrected chi connectivity index (χ0v) is 10.3. The van der Waals surface area contributed by atoms with Gasteiger partial charge in [0.1, 0.15) is 0 Å². The number of nitrogens with zero attached hydrogens (tertiary/aromatic N) is 1. The summed E-state index contributed by atoms with van der Waals surface area (Å²) < 4.78 is 0. The van der Waals surface area contributed by atoms with E-state index in [4.69, 9.17) is 5.11 Å². The van der Waals surface area contributed by atoms with Crippen molar-refractivity contribution < 1.29 is 33.9 Å². The molecule has 1 aromatic carbocycles. The predicted molar refractivity (Wildman–Crippen MR) is 64.4 cm³/mol. The first-order valence-electron chi connectivity index (χ1n) is 5.63. The molecule has 0 aliphatic carbocycles. The lowest BCUT2D eigenvalue weighted by molar-refractivity contribution is -0.150. The van der Waals surface area contributed by atoms with Crippen molar-refractivity contribution in [2.75, 3.05) is 0 Å². The SMILES string of the molecule is O=CC(=O)C(=O)C(C(=O)O)N1C(=O)c2ccccc2C1=O. The lowest BCUT2D eigenvalue weighted by Crippen LogP contribution is -2.52. The third kappa shape index (κ3) is 2.12. The maximum absolute atomic E-state index is 12.1. The van der Waals surface area contributed by atoms with Crippen LogP contribution in [0.4, 0.5) is 0 Å². The fourth-order valence-corrected chi connectivity index (χ4v) is 1.98. The molecule has 1 unspecified atom stereocenters. The molecule has 8 heteroatoms. The van der Waals surface area contributed by atoms with Crippen LogP contribution in [-0.4, -0.2) is 51.7 Å². The third-order valence-corrected chi connectivity index (χ3v) is 2.92. The van der Waals surface area contributed by atoms with Crippen LogP contribution in [0.2, 0.25) is 0 Å². The highest BCUT2D eigenvalue weighted by Gasteiger charge is 2.47. The van der Waals surface area contributed by atoms with Gasteiger partial charge in [-0.25, -0.2) is 4.79 Å². The lowest BCUT2D eigenvalue weighted by atomic mass is 10.1. The second kappa shape index (κ2) is 5.08. The number of fused-ring (bicyclic) bond motifs is 1. The Hall–Kier alpha value is -3.16. The monoisotopic (exact) mass is 289 g/mol. The maximum atomic E-state index is 12.1. The summed E-state index contributed by atoms with van der Waals surface area (Å²) in [6.45, 7) is 0. The van der Waals surface area contributed by atoms with Crippen molar-refractivity contribution in [3.05, 3.63) is 35.4 Å². The van der Waals surface area contributed by atoms with Crippen LogP contribution in [0.15, 0.2) is 24.3 Å². The van der Waals surface area contributed by atoms with Gasteiger partial charge in [-0.3, -0.25) is 28.9 Å². The molecule has 0 saturated carbocycles. The molecule has 0 radical (unpaired) electrons. The number of hydrogen-bond donors (Lipinski definition) is 1. The van der Waals surface area contributed by atoms with Crippen molar-refractivity contribution in [1.29, 1.82) is 0 Å². The molecule has 1 aromatic rings. The maximum Gasteiger partial charge on any atom is 0.335 e. The number of carboxylic acid groups (broad SMARTS) is 1. The Morgan fingerprint density at radius 3 is 1.90 bits per heavy atom. The van der Waals surface area contributed by atoms with Crippen LogP contribution in [0.3, 0.4) is 0 Å². The number of imide groups is 1. The summed E-state index contributed by atoms with van der Waals surface area (Å²) >= 11 is 0. The molecular formula is C13H7NO7. The van der Waals surface area contributed by atoms with Crippen LogP contribution >= 0.6 is 0 Å². The number of carboxylic acids is 1. The minimum absolute atomic E-state index is 0.0693. The minimum Gasteiger partial charge on any atom is -0.479 e. The zero-order chi connectivity index (χ0) is 15.7. The number of aliphatic carboxylic acids is 1. The van der Waals surface area contributed by atoms with E-state index < -0.39 is 35.4 Å². The van der Waals surface area contributed by atoms with E-state index in [1.807, 2.05) is 0 Å². The standard InChI is InChI=1S/C13H7NO7/c15-5-8(16)10(17)9(13(20)21)14-11(18)6-3-1-2-4-7(6)12(14)19/h1-5,9H,(H,20,21). The number of amides is 2. The molecule has 2 amide bonds. The van der Waals surface area contributed by atoms with E-state index in [9.17, 15) is 28.8 Å². The Kier molecular flexibility index (Phi) is 3.45. The molecule has 0 aromatic heterocycles. The molecule has 1 atom stereocenters. The number of Topliss-reactive ketones (excluding diaryl/α,β-unsaturated/α-hetero) is 2. The van der Waals surface area contributed by atoms with Gasteiger partial charge >= 0.3 is 5.97 Å². The normalized spacial score (nSPS) is 14.6. The first kappa shape index (κ1) is 14.3. The molecule has 1 N–H and O–H groups in total. The molecule has 2 rings (SSSR count). The molecule has 0 spiro atoms. The van der Waals surface area contributed by atoms with Crippen molar-refractivity contribution in [2.24, 2.45) is 0 Å². The van der Waals surface area contributed by atoms with Gasteiger partial charge in [-0.15, -0.1) is 0 Å². The Bertz CT molecular complexity index is 671. The third-order valence-electron chi connectivity index (χ3n) is 2.92. The van der Waals surface area contributed by atoms with Gasteiger partial charge in [0.05, 0.1) is 11.1 Å². The number of ketones is 2. The summed E-state index contributed by atoms with van der Waals surface area (Å²) in [5.41, 5.74) is -0.139. The van der Waals surface area contributed by atoms with Gasteiger partial charge in [-0.1, -0.05) is 12.1 Å². The van der Waals surface area contributed by atoms with E-state index in [1.54, 1.807) is 0 Å². The van der Waals surface area contributed by atoms with E-state index in [0.717, 1.165) is 0 Å². The molecule has 1 heterocycles. The summed E-state index contributed by atoms with van der Waals surface area (Å²) in [6.07, 6.45) is -0.365. The highest BCUT2D eigenvalue weighted by atomic mass is 16.4. The van der Waals surface area contributed by atoms with Crippen molar-refractivity contribution in [3.8, 4) is 0 Å². The molecule has 1 aliphatic heterocycles. The van der Waals surface area contributed by atoms with Gasteiger partial charge in [-0.2, -0.15) is 0 Å². The molecule has 21 heavy (non-hydrogen) atoms. The van der Waals surface area contributed by atoms with Crippen LogP contribution in [0.25, 0.3) is 0 Å². The number of carbonyl (C=O) groups excluding carboxylic acids is 5. The topological polar surface area (TPSA) is 126 Å². The average molecular weight is 289 g/mol. The number of hydrogen-bond acceptors (Lipinski definition) is 6. The highest BCUT2D eigenvalue weighted by molar-refractivity contribution is 6.61. The van der Waals surface area contributed by atoms with Gasteiger partial charge in [0.25, 0.3) is 17.6 Å².